The molecule has 0 aliphatic heterocycles. The molecule has 0 fully saturated rings. The first-order valence-electron chi connectivity index (χ1n) is 11.1. The van der Waals surface area contributed by atoms with E-state index >= 15 is 0 Å². The van der Waals surface area contributed by atoms with Crippen molar-refractivity contribution in [2.24, 2.45) is 5.10 Å². The fourth-order valence-electron chi connectivity index (χ4n) is 3.69. The Morgan fingerprint density at radius 2 is 1.58 bits per heavy atom. The summed E-state index contributed by atoms with van der Waals surface area (Å²) in [6.45, 7) is 0.195. The third-order valence-electron chi connectivity index (χ3n) is 5.57. The number of hydrazone groups is 1. The van der Waals surface area contributed by atoms with Gasteiger partial charge in [-0.1, -0.05) is 94.8 Å². The average molecular weight is 540 g/mol. The highest BCUT2D eigenvalue weighted by Crippen LogP contribution is 2.30. The Morgan fingerprint density at radius 3 is 2.22 bits per heavy atom. The standard InChI is InChI=1S/C29H22BrN3O3/c30-26-15-16-27(36-20-22-10-8-7-9-21(22)18-31)23(17-26)19-32-33-28(34)29(35,24-11-3-1-4-12-24)25-13-5-2-6-14-25/h1-17,19,35H,20H2,(H,33,34)/b32-19-. The second kappa shape index (κ2) is 11.5. The van der Waals surface area contributed by atoms with Crippen molar-refractivity contribution < 1.29 is 14.6 Å². The Balaban J connectivity index is 1.56. The van der Waals surface area contributed by atoms with E-state index < -0.39 is 11.5 Å². The lowest BCUT2D eigenvalue weighted by Crippen LogP contribution is -2.43. The molecular formula is C29H22BrN3O3. The van der Waals surface area contributed by atoms with Crippen molar-refractivity contribution in [1.82, 2.24) is 5.43 Å². The zero-order chi connectivity index (χ0) is 25.4. The molecule has 0 aromatic heterocycles. The van der Waals surface area contributed by atoms with Crippen LogP contribution < -0.4 is 10.2 Å². The first-order valence-corrected chi connectivity index (χ1v) is 11.9. The maximum Gasteiger partial charge on any atom is 0.281 e. The molecule has 0 spiro atoms. The maximum atomic E-state index is 13.2. The highest BCUT2D eigenvalue weighted by Gasteiger charge is 2.39. The van der Waals surface area contributed by atoms with Gasteiger partial charge in [-0.05, 0) is 35.4 Å². The molecule has 0 heterocycles. The molecule has 4 aromatic carbocycles. The molecule has 0 radical (unpaired) electrons. The lowest BCUT2D eigenvalue weighted by molar-refractivity contribution is -0.136. The smallest absolute Gasteiger partial charge is 0.281 e. The van der Waals surface area contributed by atoms with Crippen molar-refractivity contribution in [3.63, 3.8) is 0 Å². The topological polar surface area (TPSA) is 94.7 Å². The van der Waals surface area contributed by atoms with Crippen LogP contribution in [0.3, 0.4) is 0 Å². The lowest BCUT2D eigenvalue weighted by Gasteiger charge is -2.27. The van der Waals surface area contributed by atoms with Gasteiger partial charge in [0, 0.05) is 15.6 Å². The summed E-state index contributed by atoms with van der Waals surface area (Å²) in [5.41, 5.74) is 3.28. The Kier molecular flexibility index (Phi) is 7.91. The van der Waals surface area contributed by atoms with Crippen LogP contribution in [-0.2, 0) is 17.0 Å². The molecular weight excluding hydrogens is 518 g/mol. The van der Waals surface area contributed by atoms with E-state index in [0.29, 0.717) is 28.0 Å². The Hall–Kier alpha value is -4.25. The summed E-state index contributed by atoms with van der Waals surface area (Å²) in [5.74, 6) is -0.179. The highest BCUT2D eigenvalue weighted by atomic mass is 79.9. The van der Waals surface area contributed by atoms with E-state index in [9.17, 15) is 15.2 Å². The maximum absolute atomic E-state index is 13.2. The molecule has 4 aromatic rings. The SMILES string of the molecule is N#Cc1ccccc1COc1ccc(Br)cc1/C=N\NC(=O)C(O)(c1ccccc1)c1ccccc1. The van der Waals surface area contributed by atoms with Gasteiger partial charge in [-0.15, -0.1) is 0 Å². The van der Waals surface area contributed by atoms with Gasteiger partial charge in [-0.3, -0.25) is 4.79 Å². The number of benzene rings is 4. The molecule has 0 aliphatic rings. The van der Waals surface area contributed by atoms with Crippen LogP contribution in [0.1, 0.15) is 27.8 Å². The van der Waals surface area contributed by atoms with E-state index in [1.54, 1.807) is 72.8 Å². The van der Waals surface area contributed by atoms with E-state index in [4.69, 9.17) is 4.74 Å². The van der Waals surface area contributed by atoms with Gasteiger partial charge in [-0.2, -0.15) is 10.4 Å². The highest BCUT2D eigenvalue weighted by molar-refractivity contribution is 9.10. The second-order valence-corrected chi connectivity index (χ2v) is 8.80. The summed E-state index contributed by atoms with van der Waals surface area (Å²) in [4.78, 5) is 13.2. The van der Waals surface area contributed by atoms with Crippen LogP contribution in [0, 0.1) is 11.3 Å². The molecule has 7 heteroatoms. The van der Waals surface area contributed by atoms with E-state index in [0.717, 1.165) is 10.0 Å². The number of halogens is 1. The Bertz CT molecular complexity index is 1380. The fourth-order valence-corrected chi connectivity index (χ4v) is 4.07. The fraction of sp³-hybridized carbons (Fsp3) is 0.0690. The van der Waals surface area contributed by atoms with Crippen molar-refractivity contribution in [3.8, 4) is 11.8 Å². The van der Waals surface area contributed by atoms with Crippen LogP contribution in [0.15, 0.2) is 113 Å². The molecule has 178 valence electrons. The van der Waals surface area contributed by atoms with Crippen molar-refractivity contribution in [3.05, 3.63) is 135 Å². The number of carbonyl (C=O) groups is 1. The predicted molar refractivity (Wildman–Crippen MR) is 141 cm³/mol. The van der Waals surface area contributed by atoms with Crippen LogP contribution in [0.25, 0.3) is 0 Å². The zero-order valence-electron chi connectivity index (χ0n) is 19.1. The number of aliphatic hydroxyl groups is 1. The molecule has 0 saturated carbocycles. The van der Waals surface area contributed by atoms with E-state index in [1.807, 2.05) is 30.3 Å². The first kappa shape index (κ1) is 24.9. The summed E-state index contributed by atoms with van der Waals surface area (Å²) in [6, 6.07) is 32.2. The summed E-state index contributed by atoms with van der Waals surface area (Å²) in [7, 11) is 0. The van der Waals surface area contributed by atoms with Crippen LogP contribution in [0.5, 0.6) is 5.75 Å². The predicted octanol–water partition coefficient (Wildman–Crippen LogP) is 5.29. The van der Waals surface area contributed by atoms with Gasteiger partial charge >= 0.3 is 0 Å². The number of ether oxygens (including phenoxy) is 1. The summed E-state index contributed by atoms with van der Waals surface area (Å²) >= 11 is 3.44. The van der Waals surface area contributed by atoms with Gasteiger partial charge in [0.1, 0.15) is 12.4 Å². The molecule has 4 rings (SSSR count). The van der Waals surface area contributed by atoms with Gasteiger partial charge in [0.2, 0.25) is 0 Å². The number of rotatable bonds is 8. The molecule has 0 saturated heterocycles. The van der Waals surface area contributed by atoms with Crippen LogP contribution in [-0.4, -0.2) is 17.2 Å². The second-order valence-electron chi connectivity index (χ2n) is 7.88. The number of nitrogens with one attached hydrogen (secondary N) is 1. The van der Waals surface area contributed by atoms with Crippen molar-refractivity contribution in [2.45, 2.75) is 12.2 Å². The molecule has 0 atom stereocenters. The first-order chi connectivity index (χ1) is 17.5. The van der Waals surface area contributed by atoms with Crippen LogP contribution >= 0.6 is 15.9 Å². The summed E-state index contributed by atoms with van der Waals surface area (Å²) in [6.07, 6.45) is 1.45. The van der Waals surface area contributed by atoms with Gasteiger partial charge in [0.25, 0.3) is 5.91 Å². The van der Waals surface area contributed by atoms with Crippen molar-refractivity contribution >= 4 is 28.1 Å². The van der Waals surface area contributed by atoms with Crippen molar-refractivity contribution in [2.75, 3.05) is 0 Å². The number of nitriles is 1. The number of amides is 1. The molecule has 1 amide bonds. The zero-order valence-corrected chi connectivity index (χ0v) is 20.7. The number of carbonyl (C=O) groups excluding carboxylic acids is 1. The molecule has 36 heavy (non-hydrogen) atoms. The lowest BCUT2D eigenvalue weighted by atomic mass is 9.85. The minimum Gasteiger partial charge on any atom is -0.488 e. The molecule has 0 bridgehead atoms. The minimum absolute atomic E-state index is 0.195. The molecule has 6 nitrogen and oxygen atoms in total. The molecule has 0 aliphatic carbocycles. The Morgan fingerprint density at radius 1 is 0.972 bits per heavy atom. The quantitative estimate of drug-likeness (QED) is 0.235. The van der Waals surface area contributed by atoms with Gasteiger partial charge in [-0.25, -0.2) is 5.43 Å². The summed E-state index contributed by atoms with van der Waals surface area (Å²) in [5, 5.41) is 25.0. The van der Waals surface area contributed by atoms with Crippen molar-refractivity contribution in [1.29, 1.82) is 5.26 Å². The number of hydrogen-bond acceptors (Lipinski definition) is 5. The molecule has 0 unspecified atom stereocenters. The minimum atomic E-state index is -1.93. The Labute approximate surface area is 217 Å². The van der Waals surface area contributed by atoms with Crippen LogP contribution in [0.2, 0.25) is 0 Å². The largest absolute Gasteiger partial charge is 0.488 e. The van der Waals surface area contributed by atoms with Crippen LogP contribution in [0.4, 0.5) is 0 Å². The molecule has 2 N–H and O–H groups in total. The van der Waals surface area contributed by atoms with Gasteiger partial charge in [0.15, 0.2) is 5.60 Å². The third kappa shape index (κ3) is 5.52. The number of hydrogen-bond donors (Lipinski definition) is 2. The average Bonchev–Trinajstić information content (AvgIpc) is 2.93. The van der Waals surface area contributed by atoms with Gasteiger partial charge in [0.05, 0.1) is 17.8 Å². The normalized spacial score (nSPS) is 11.1. The third-order valence-corrected chi connectivity index (χ3v) is 6.07. The van der Waals surface area contributed by atoms with E-state index in [2.05, 4.69) is 32.5 Å². The monoisotopic (exact) mass is 539 g/mol. The van der Waals surface area contributed by atoms with Gasteiger partial charge < -0.3 is 9.84 Å². The summed E-state index contributed by atoms with van der Waals surface area (Å²) < 4.78 is 6.76. The van der Waals surface area contributed by atoms with E-state index in [-0.39, 0.29) is 6.61 Å². The number of nitrogens with zero attached hydrogens (tertiary/aromatic N) is 2. The van der Waals surface area contributed by atoms with E-state index in [1.165, 1.54) is 6.21 Å².